The van der Waals surface area contributed by atoms with Crippen LogP contribution in [0.5, 0.6) is 0 Å². The number of para-hydroxylation sites is 1. The summed E-state index contributed by atoms with van der Waals surface area (Å²) in [5.41, 5.74) is 2.52. The van der Waals surface area contributed by atoms with Gasteiger partial charge in [-0.1, -0.05) is 51.1 Å². The molecule has 2 heterocycles. The molecule has 30 heavy (non-hydrogen) atoms. The van der Waals surface area contributed by atoms with Crippen molar-refractivity contribution in [1.82, 2.24) is 14.8 Å². The molecule has 2 aromatic carbocycles. The average molecular weight is 421 g/mol. The molecule has 0 atom stereocenters. The number of pyridine rings is 1. The molecule has 0 bridgehead atoms. The molecular formula is C23H24N4O2S. The molecule has 4 aromatic rings. The second-order valence-electron chi connectivity index (χ2n) is 8.32. The molecule has 0 radical (unpaired) electrons. The highest BCUT2D eigenvalue weighted by molar-refractivity contribution is 7.92. The first-order chi connectivity index (χ1) is 14.1. The molecule has 154 valence electrons. The third-order valence-corrected chi connectivity index (χ3v) is 6.27. The maximum absolute atomic E-state index is 13.0. The van der Waals surface area contributed by atoms with Crippen LogP contribution >= 0.6 is 0 Å². The van der Waals surface area contributed by atoms with Crippen LogP contribution in [0, 0.1) is 6.92 Å². The van der Waals surface area contributed by atoms with Gasteiger partial charge in [0, 0.05) is 11.5 Å². The van der Waals surface area contributed by atoms with E-state index >= 15 is 0 Å². The van der Waals surface area contributed by atoms with Crippen molar-refractivity contribution in [1.29, 1.82) is 0 Å². The van der Waals surface area contributed by atoms with E-state index in [-0.39, 0.29) is 10.3 Å². The van der Waals surface area contributed by atoms with Crippen LogP contribution < -0.4 is 4.72 Å². The van der Waals surface area contributed by atoms with E-state index < -0.39 is 10.0 Å². The molecule has 7 heteroatoms. The van der Waals surface area contributed by atoms with Crippen molar-refractivity contribution >= 4 is 26.7 Å². The standard InChI is InChI=1S/C23H24N4O2S/c1-16-15-22(26-30(28,29)19-12-10-18(11-13-19)23(2,3)4)27(25-16)21-14-9-17-7-5-6-8-20(17)24-21/h5-15,26H,1-4H3. The van der Waals surface area contributed by atoms with Gasteiger partial charge in [0.15, 0.2) is 5.82 Å². The molecule has 0 spiro atoms. The molecule has 0 aliphatic rings. The second-order valence-corrected chi connectivity index (χ2v) is 10.0. The van der Waals surface area contributed by atoms with Crippen LogP contribution in [0.3, 0.4) is 0 Å². The van der Waals surface area contributed by atoms with Gasteiger partial charge in [0.25, 0.3) is 10.0 Å². The number of anilines is 1. The van der Waals surface area contributed by atoms with Gasteiger partial charge < -0.3 is 0 Å². The van der Waals surface area contributed by atoms with E-state index in [0.29, 0.717) is 17.3 Å². The molecule has 4 rings (SSSR count). The highest BCUT2D eigenvalue weighted by atomic mass is 32.2. The molecule has 0 saturated carbocycles. The molecule has 0 saturated heterocycles. The minimum atomic E-state index is -3.77. The van der Waals surface area contributed by atoms with Crippen LogP contribution in [0.2, 0.25) is 0 Å². The van der Waals surface area contributed by atoms with Crippen molar-refractivity contribution in [3.8, 4) is 5.82 Å². The van der Waals surface area contributed by atoms with Crippen molar-refractivity contribution in [3.05, 3.63) is 78.0 Å². The zero-order valence-corrected chi connectivity index (χ0v) is 18.2. The van der Waals surface area contributed by atoms with Gasteiger partial charge in [-0.15, -0.1) is 0 Å². The average Bonchev–Trinajstić information content (AvgIpc) is 3.06. The molecule has 0 unspecified atom stereocenters. The number of aryl methyl sites for hydroxylation is 1. The lowest BCUT2D eigenvalue weighted by Crippen LogP contribution is -2.17. The molecule has 0 aliphatic carbocycles. The number of nitrogens with one attached hydrogen (secondary N) is 1. The Morgan fingerprint density at radius 3 is 2.33 bits per heavy atom. The predicted molar refractivity (Wildman–Crippen MR) is 120 cm³/mol. The van der Waals surface area contributed by atoms with Crippen LogP contribution in [0.1, 0.15) is 32.0 Å². The summed E-state index contributed by atoms with van der Waals surface area (Å²) in [5.74, 6) is 0.887. The molecule has 6 nitrogen and oxygen atoms in total. The maximum atomic E-state index is 13.0. The summed E-state index contributed by atoms with van der Waals surface area (Å²) in [5, 5.41) is 5.44. The monoisotopic (exact) mass is 420 g/mol. The number of benzene rings is 2. The number of hydrogen-bond acceptors (Lipinski definition) is 4. The SMILES string of the molecule is Cc1cc(NS(=O)(=O)c2ccc(C(C)(C)C)cc2)n(-c2ccc3ccccc3n2)n1. The van der Waals surface area contributed by atoms with Crippen molar-refractivity contribution in [3.63, 3.8) is 0 Å². The van der Waals surface area contributed by atoms with Gasteiger partial charge in [-0.3, -0.25) is 4.72 Å². The normalized spacial score (nSPS) is 12.3. The summed E-state index contributed by atoms with van der Waals surface area (Å²) in [6.07, 6.45) is 0. The smallest absolute Gasteiger partial charge is 0.263 e. The van der Waals surface area contributed by atoms with E-state index in [0.717, 1.165) is 16.5 Å². The van der Waals surface area contributed by atoms with Gasteiger partial charge in [-0.25, -0.2) is 13.4 Å². The van der Waals surface area contributed by atoms with Crippen LogP contribution in [0.15, 0.2) is 71.6 Å². The molecular weight excluding hydrogens is 396 g/mol. The molecule has 0 amide bonds. The van der Waals surface area contributed by atoms with Gasteiger partial charge in [0.05, 0.1) is 16.1 Å². The largest absolute Gasteiger partial charge is 0.263 e. The number of sulfonamides is 1. The summed E-state index contributed by atoms with van der Waals surface area (Å²) in [6.45, 7) is 8.08. The summed E-state index contributed by atoms with van der Waals surface area (Å²) in [7, 11) is -3.77. The fourth-order valence-corrected chi connectivity index (χ4v) is 4.28. The summed E-state index contributed by atoms with van der Waals surface area (Å²) >= 11 is 0. The molecule has 1 N–H and O–H groups in total. The summed E-state index contributed by atoms with van der Waals surface area (Å²) in [4.78, 5) is 4.83. The third-order valence-electron chi connectivity index (χ3n) is 4.90. The van der Waals surface area contributed by atoms with E-state index in [9.17, 15) is 8.42 Å². The maximum Gasteiger partial charge on any atom is 0.263 e. The Labute approximate surface area is 176 Å². The first-order valence-electron chi connectivity index (χ1n) is 9.70. The Bertz CT molecular complexity index is 1320. The lowest BCUT2D eigenvalue weighted by Gasteiger charge is -2.19. The van der Waals surface area contributed by atoms with Gasteiger partial charge >= 0.3 is 0 Å². The number of rotatable bonds is 4. The van der Waals surface area contributed by atoms with E-state index in [2.05, 4.69) is 35.6 Å². The number of aromatic nitrogens is 3. The first-order valence-corrected chi connectivity index (χ1v) is 11.2. The minimum absolute atomic E-state index is 0.0484. The quantitative estimate of drug-likeness (QED) is 0.513. The topological polar surface area (TPSA) is 76.9 Å². The van der Waals surface area contributed by atoms with Gasteiger partial charge in [-0.2, -0.15) is 9.78 Å². The van der Waals surface area contributed by atoms with Gasteiger partial charge in [0.1, 0.15) is 5.82 Å². The second kappa shape index (κ2) is 7.25. The Morgan fingerprint density at radius 1 is 0.933 bits per heavy atom. The molecule has 0 fully saturated rings. The number of fused-ring (bicyclic) bond motifs is 1. The number of hydrogen-bond donors (Lipinski definition) is 1. The van der Waals surface area contributed by atoms with Crippen LogP contribution in [0.25, 0.3) is 16.7 Å². The highest BCUT2D eigenvalue weighted by Crippen LogP contribution is 2.25. The molecule has 2 aromatic heterocycles. The summed E-state index contributed by atoms with van der Waals surface area (Å²) in [6, 6.07) is 20.2. The van der Waals surface area contributed by atoms with Crippen molar-refractivity contribution in [2.24, 2.45) is 0 Å². The fourth-order valence-electron chi connectivity index (χ4n) is 3.25. The Balaban J connectivity index is 1.69. The first kappa shape index (κ1) is 20.1. The van der Waals surface area contributed by atoms with Crippen LogP contribution in [-0.2, 0) is 15.4 Å². The van der Waals surface area contributed by atoms with Crippen molar-refractivity contribution in [2.75, 3.05) is 4.72 Å². The Hall–Kier alpha value is -3.19. The van der Waals surface area contributed by atoms with E-state index in [1.807, 2.05) is 55.5 Å². The zero-order valence-electron chi connectivity index (χ0n) is 17.4. The number of nitrogens with zero attached hydrogens (tertiary/aromatic N) is 3. The van der Waals surface area contributed by atoms with Crippen LogP contribution in [-0.4, -0.2) is 23.2 Å². The highest BCUT2D eigenvalue weighted by Gasteiger charge is 2.20. The zero-order chi connectivity index (χ0) is 21.5. The summed E-state index contributed by atoms with van der Waals surface area (Å²) < 4.78 is 30.2. The van der Waals surface area contributed by atoms with E-state index in [1.54, 1.807) is 18.2 Å². The lowest BCUT2D eigenvalue weighted by molar-refractivity contribution is 0.587. The van der Waals surface area contributed by atoms with E-state index in [4.69, 9.17) is 0 Å². The van der Waals surface area contributed by atoms with Gasteiger partial charge in [0.2, 0.25) is 0 Å². The minimum Gasteiger partial charge on any atom is -0.263 e. The molecule has 0 aliphatic heterocycles. The van der Waals surface area contributed by atoms with Crippen molar-refractivity contribution < 1.29 is 8.42 Å². The lowest BCUT2D eigenvalue weighted by atomic mass is 9.87. The van der Waals surface area contributed by atoms with E-state index in [1.165, 1.54) is 4.68 Å². The van der Waals surface area contributed by atoms with Crippen LogP contribution in [0.4, 0.5) is 5.82 Å². The predicted octanol–water partition coefficient (Wildman–Crippen LogP) is 4.83. The Kier molecular flexibility index (Phi) is 4.86. The van der Waals surface area contributed by atoms with Crippen molar-refractivity contribution in [2.45, 2.75) is 38.0 Å². The van der Waals surface area contributed by atoms with Gasteiger partial charge in [-0.05, 0) is 48.2 Å². The Morgan fingerprint density at radius 2 is 1.63 bits per heavy atom. The fraction of sp³-hybridized carbons (Fsp3) is 0.217. The third kappa shape index (κ3) is 3.93.